The molecule has 0 bridgehead atoms. The van der Waals surface area contributed by atoms with Crippen molar-refractivity contribution in [2.75, 3.05) is 0 Å². The normalized spacial score (nSPS) is 13.4. The molecule has 1 atom stereocenters. The first-order valence-electron chi connectivity index (χ1n) is 4.60. The molecule has 3 nitrogen and oxygen atoms in total. The van der Waals surface area contributed by atoms with Gasteiger partial charge in [0.15, 0.2) is 0 Å². The van der Waals surface area contributed by atoms with Crippen molar-refractivity contribution in [2.24, 2.45) is 0 Å². The van der Waals surface area contributed by atoms with E-state index in [1.165, 1.54) is 0 Å². The lowest BCUT2D eigenvalue weighted by Gasteiger charge is -2.06. The molecule has 0 spiro atoms. The molecule has 2 aromatic heterocycles. The van der Waals surface area contributed by atoms with Crippen molar-refractivity contribution in [1.29, 1.82) is 0 Å². The summed E-state index contributed by atoms with van der Waals surface area (Å²) >= 11 is 0. The molecule has 0 amide bonds. The van der Waals surface area contributed by atoms with E-state index in [1.807, 2.05) is 23.0 Å². The number of aromatic nitrogens is 3. The molecule has 0 saturated heterocycles. The molecule has 13 heavy (non-hydrogen) atoms. The zero-order valence-electron chi connectivity index (χ0n) is 7.94. The second-order valence-corrected chi connectivity index (χ2v) is 3.30. The predicted octanol–water partition coefficient (Wildman–Crippen LogP) is 2.24. The van der Waals surface area contributed by atoms with Crippen molar-refractivity contribution < 1.29 is 0 Å². The highest BCUT2D eigenvalue weighted by atomic mass is 15.0. The molecule has 2 aromatic rings. The summed E-state index contributed by atoms with van der Waals surface area (Å²) in [6.45, 7) is 4.35. The average molecular weight is 175 g/mol. The molecule has 0 aliphatic rings. The molecule has 3 heteroatoms. The van der Waals surface area contributed by atoms with Crippen LogP contribution in [0.15, 0.2) is 24.8 Å². The molecule has 0 saturated carbocycles. The van der Waals surface area contributed by atoms with Crippen molar-refractivity contribution in [3.63, 3.8) is 0 Å². The first-order chi connectivity index (χ1) is 6.33. The van der Waals surface area contributed by atoms with Crippen LogP contribution in [0.25, 0.3) is 5.52 Å². The van der Waals surface area contributed by atoms with Gasteiger partial charge in [0.1, 0.15) is 12.2 Å². The SMILES string of the molecule is CCC(C)c1ncc2ccncn12. The van der Waals surface area contributed by atoms with Gasteiger partial charge in [-0.05, 0) is 12.5 Å². The zero-order valence-corrected chi connectivity index (χ0v) is 7.94. The summed E-state index contributed by atoms with van der Waals surface area (Å²) in [6, 6.07) is 1.97. The van der Waals surface area contributed by atoms with Crippen LogP contribution in [0.1, 0.15) is 32.0 Å². The third kappa shape index (κ3) is 1.30. The van der Waals surface area contributed by atoms with Crippen molar-refractivity contribution in [3.8, 4) is 0 Å². The molecule has 0 aromatic carbocycles. The van der Waals surface area contributed by atoms with Gasteiger partial charge in [0.25, 0.3) is 0 Å². The third-order valence-electron chi connectivity index (χ3n) is 2.42. The second kappa shape index (κ2) is 3.17. The Hall–Kier alpha value is -1.38. The van der Waals surface area contributed by atoms with E-state index in [0.717, 1.165) is 17.8 Å². The van der Waals surface area contributed by atoms with E-state index in [4.69, 9.17) is 0 Å². The molecular weight excluding hydrogens is 162 g/mol. The number of nitrogens with zero attached hydrogens (tertiary/aromatic N) is 3. The van der Waals surface area contributed by atoms with E-state index in [-0.39, 0.29) is 0 Å². The largest absolute Gasteiger partial charge is 0.287 e. The van der Waals surface area contributed by atoms with Gasteiger partial charge >= 0.3 is 0 Å². The molecule has 2 heterocycles. The van der Waals surface area contributed by atoms with Crippen molar-refractivity contribution in [2.45, 2.75) is 26.2 Å². The minimum absolute atomic E-state index is 0.492. The summed E-state index contributed by atoms with van der Waals surface area (Å²) in [7, 11) is 0. The van der Waals surface area contributed by atoms with Crippen LogP contribution in [0.5, 0.6) is 0 Å². The summed E-state index contributed by atoms with van der Waals surface area (Å²) in [5, 5.41) is 0. The average Bonchev–Trinajstić information content (AvgIpc) is 2.60. The molecular formula is C10H13N3. The van der Waals surface area contributed by atoms with Crippen LogP contribution in [-0.2, 0) is 0 Å². The van der Waals surface area contributed by atoms with E-state index in [2.05, 4.69) is 23.8 Å². The lowest BCUT2D eigenvalue weighted by Crippen LogP contribution is -1.99. The highest BCUT2D eigenvalue weighted by Gasteiger charge is 2.08. The Morgan fingerprint density at radius 3 is 3.15 bits per heavy atom. The highest BCUT2D eigenvalue weighted by Crippen LogP contribution is 2.17. The van der Waals surface area contributed by atoms with E-state index in [9.17, 15) is 0 Å². The van der Waals surface area contributed by atoms with Gasteiger partial charge in [-0.1, -0.05) is 13.8 Å². The molecule has 68 valence electrons. The Morgan fingerprint density at radius 1 is 1.54 bits per heavy atom. The fraction of sp³-hybridized carbons (Fsp3) is 0.400. The molecule has 0 fully saturated rings. The minimum Gasteiger partial charge on any atom is -0.287 e. The van der Waals surface area contributed by atoms with Crippen LogP contribution in [-0.4, -0.2) is 14.4 Å². The van der Waals surface area contributed by atoms with Crippen molar-refractivity contribution in [3.05, 3.63) is 30.6 Å². The van der Waals surface area contributed by atoms with Gasteiger partial charge in [-0.3, -0.25) is 4.40 Å². The molecule has 0 aliphatic heterocycles. The summed E-state index contributed by atoms with van der Waals surface area (Å²) in [5.41, 5.74) is 1.12. The zero-order chi connectivity index (χ0) is 9.26. The Morgan fingerprint density at radius 2 is 2.38 bits per heavy atom. The monoisotopic (exact) mass is 175 g/mol. The topological polar surface area (TPSA) is 30.2 Å². The maximum atomic E-state index is 4.39. The summed E-state index contributed by atoms with van der Waals surface area (Å²) in [4.78, 5) is 8.47. The summed E-state index contributed by atoms with van der Waals surface area (Å²) in [6.07, 6.45) is 6.61. The first kappa shape index (κ1) is 8.23. The Labute approximate surface area is 77.4 Å². The standard InChI is InChI=1S/C10H13N3/c1-3-8(2)10-12-6-9-4-5-11-7-13(9)10/h4-8H,3H2,1-2H3. The van der Waals surface area contributed by atoms with Crippen LogP contribution in [0.4, 0.5) is 0 Å². The highest BCUT2D eigenvalue weighted by molar-refractivity contribution is 5.44. The van der Waals surface area contributed by atoms with Crippen LogP contribution in [0.3, 0.4) is 0 Å². The quantitative estimate of drug-likeness (QED) is 0.700. The fourth-order valence-corrected chi connectivity index (χ4v) is 1.41. The third-order valence-corrected chi connectivity index (χ3v) is 2.42. The van der Waals surface area contributed by atoms with E-state index in [0.29, 0.717) is 5.92 Å². The number of fused-ring (bicyclic) bond motifs is 1. The van der Waals surface area contributed by atoms with Gasteiger partial charge < -0.3 is 0 Å². The number of hydrogen-bond donors (Lipinski definition) is 0. The molecule has 0 N–H and O–H groups in total. The Balaban J connectivity index is 2.57. The lowest BCUT2D eigenvalue weighted by molar-refractivity contribution is 0.673. The first-order valence-corrected chi connectivity index (χ1v) is 4.60. The van der Waals surface area contributed by atoms with E-state index < -0.39 is 0 Å². The number of hydrogen-bond acceptors (Lipinski definition) is 2. The van der Waals surface area contributed by atoms with Crippen LogP contribution >= 0.6 is 0 Å². The van der Waals surface area contributed by atoms with E-state index in [1.54, 1.807) is 6.20 Å². The maximum Gasteiger partial charge on any atom is 0.117 e. The molecule has 1 unspecified atom stereocenters. The maximum absolute atomic E-state index is 4.39. The van der Waals surface area contributed by atoms with Gasteiger partial charge in [0, 0.05) is 12.1 Å². The number of rotatable bonds is 2. The number of imidazole rings is 1. The summed E-state index contributed by atoms with van der Waals surface area (Å²) in [5.74, 6) is 1.59. The van der Waals surface area contributed by atoms with Gasteiger partial charge in [-0.25, -0.2) is 9.97 Å². The van der Waals surface area contributed by atoms with Gasteiger partial charge in [0.05, 0.1) is 11.7 Å². The smallest absolute Gasteiger partial charge is 0.117 e. The van der Waals surface area contributed by atoms with Crippen LogP contribution in [0.2, 0.25) is 0 Å². The molecule has 0 aliphatic carbocycles. The predicted molar refractivity (Wildman–Crippen MR) is 51.7 cm³/mol. The van der Waals surface area contributed by atoms with Crippen LogP contribution < -0.4 is 0 Å². The van der Waals surface area contributed by atoms with Crippen LogP contribution in [0, 0.1) is 0 Å². The second-order valence-electron chi connectivity index (χ2n) is 3.30. The fourth-order valence-electron chi connectivity index (χ4n) is 1.41. The molecule has 2 rings (SSSR count). The van der Waals surface area contributed by atoms with Gasteiger partial charge in [-0.2, -0.15) is 0 Å². The van der Waals surface area contributed by atoms with Crippen molar-refractivity contribution >= 4 is 5.52 Å². The summed E-state index contributed by atoms with van der Waals surface area (Å²) < 4.78 is 2.05. The van der Waals surface area contributed by atoms with Crippen molar-refractivity contribution in [1.82, 2.24) is 14.4 Å². The van der Waals surface area contributed by atoms with E-state index >= 15 is 0 Å². The molecule has 0 radical (unpaired) electrons. The van der Waals surface area contributed by atoms with Gasteiger partial charge in [-0.15, -0.1) is 0 Å². The minimum atomic E-state index is 0.492. The Kier molecular flexibility index (Phi) is 2.00. The Bertz CT molecular complexity index is 405. The van der Waals surface area contributed by atoms with Gasteiger partial charge in [0.2, 0.25) is 0 Å². The lowest BCUT2D eigenvalue weighted by atomic mass is 10.1.